The summed E-state index contributed by atoms with van der Waals surface area (Å²) < 4.78 is 0. The second-order valence-electron chi connectivity index (χ2n) is 3.35. The summed E-state index contributed by atoms with van der Waals surface area (Å²) in [5.74, 6) is -1.74. The maximum Gasteiger partial charge on any atom is 0.143 e. The summed E-state index contributed by atoms with van der Waals surface area (Å²) in [4.78, 5) is 17.0. The Bertz CT molecular complexity index is 489. The van der Waals surface area contributed by atoms with Crippen LogP contribution in [0.5, 0.6) is 0 Å². The van der Waals surface area contributed by atoms with E-state index < -0.39 is 18.2 Å². The summed E-state index contributed by atoms with van der Waals surface area (Å²) in [6.07, 6.45) is -3.63. The van der Waals surface area contributed by atoms with Crippen LogP contribution in [0.3, 0.4) is 0 Å². The maximum atomic E-state index is 10.4. The smallest absolute Gasteiger partial charge is 0.143 e. The number of nitrogens with zero attached hydrogens (tertiary/aromatic N) is 1. The fraction of sp³-hybridized carbons (Fsp3) is 0.200. The molecule has 0 saturated carbocycles. The van der Waals surface area contributed by atoms with Crippen LogP contribution in [0.25, 0.3) is 11.0 Å². The van der Waals surface area contributed by atoms with Gasteiger partial charge in [-0.25, -0.2) is 4.98 Å². The lowest BCUT2D eigenvalue weighted by atomic mass is 10.2. The number of fused-ring (bicyclic) bond motifs is 1. The molecule has 6 nitrogen and oxygen atoms in total. The van der Waals surface area contributed by atoms with E-state index in [0.717, 1.165) is 0 Å². The van der Waals surface area contributed by atoms with Crippen LogP contribution in [0, 0.1) is 0 Å². The summed E-state index contributed by atoms with van der Waals surface area (Å²) in [6, 6.07) is 6.96. The average Bonchev–Trinajstić information content (AvgIpc) is 2.70. The number of aromatic amines is 1. The topological polar surface area (TPSA) is 109 Å². The largest absolute Gasteiger partial charge is 0.547 e. The van der Waals surface area contributed by atoms with Crippen LogP contribution in [0.2, 0.25) is 0 Å². The van der Waals surface area contributed by atoms with Gasteiger partial charge in [0, 0.05) is 0 Å². The third-order valence-corrected chi connectivity index (χ3v) is 2.23. The Morgan fingerprint density at radius 2 is 2.06 bits per heavy atom. The van der Waals surface area contributed by atoms with Gasteiger partial charge in [-0.3, -0.25) is 0 Å². The minimum Gasteiger partial charge on any atom is -0.547 e. The molecule has 1 aromatic carbocycles. The standard InChI is InChI=1S/C10H10N2O4/c13-7(8(14)10(15)16)9-11-5-3-1-2-4-6(5)12-9/h1-4,7-8,13-14H,(H,11,12)(H,15,16)/p-1/t7-,8-/m0/s1. The molecule has 84 valence electrons. The highest BCUT2D eigenvalue weighted by Crippen LogP contribution is 2.17. The van der Waals surface area contributed by atoms with Crippen molar-refractivity contribution in [2.75, 3.05) is 0 Å². The SMILES string of the molecule is O=C([O-])[C@@H](O)[C@H](O)c1nc2ccccc2[nH]1. The third-order valence-electron chi connectivity index (χ3n) is 2.23. The number of hydrogen-bond donors (Lipinski definition) is 3. The van der Waals surface area contributed by atoms with Gasteiger partial charge in [0.25, 0.3) is 0 Å². The molecule has 1 heterocycles. The fourth-order valence-electron chi connectivity index (χ4n) is 1.39. The van der Waals surface area contributed by atoms with Crippen molar-refractivity contribution in [2.24, 2.45) is 0 Å². The number of rotatable bonds is 3. The molecule has 6 heteroatoms. The monoisotopic (exact) mass is 221 g/mol. The number of aliphatic hydroxyl groups is 2. The molecular formula is C10H9N2O4-. The third kappa shape index (κ3) is 1.75. The number of carboxylic acid groups (broad SMARTS) is 1. The molecule has 0 aliphatic rings. The van der Waals surface area contributed by atoms with Crippen molar-refractivity contribution < 1.29 is 20.1 Å². The number of para-hydroxylation sites is 2. The highest BCUT2D eigenvalue weighted by atomic mass is 16.4. The number of carbonyl (C=O) groups excluding carboxylic acids is 1. The van der Waals surface area contributed by atoms with Gasteiger partial charge in [0.1, 0.15) is 18.0 Å². The number of carboxylic acids is 1. The molecular weight excluding hydrogens is 212 g/mol. The first-order valence-electron chi connectivity index (χ1n) is 4.61. The first-order chi connectivity index (χ1) is 7.59. The Balaban J connectivity index is 2.36. The van der Waals surface area contributed by atoms with Gasteiger partial charge in [-0.15, -0.1) is 0 Å². The van der Waals surface area contributed by atoms with Gasteiger partial charge >= 0.3 is 0 Å². The van der Waals surface area contributed by atoms with Crippen molar-refractivity contribution in [2.45, 2.75) is 12.2 Å². The van der Waals surface area contributed by atoms with Crippen molar-refractivity contribution in [3.8, 4) is 0 Å². The lowest BCUT2D eigenvalue weighted by Gasteiger charge is -2.15. The zero-order valence-corrected chi connectivity index (χ0v) is 8.12. The van der Waals surface area contributed by atoms with Gasteiger partial charge in [0.15, 0.2) is 0 Å². The number of aliphatic carboxylic acids is 1. The molecule has 0 unspecified atom stereocenters. The zero-order valence-electron chi connectivity index (χ0n) is 8.12. The van der Waals surface area contributed by atoms with Gasteiger partial charge in [-0.2, -0.15) is 0 Å². The number of aromatic nitrogens is 2. The highest BCUT2D eigenvalue weighted by molar-refractivity contribution is 5.75. The Morgan fingerprint density at radius 1 is 1.38 bits per heavy atom. The fourth-order valence-corrected chi connectivity index (χ4v) is 1.39. The molecule has 0 radical (unpaired) electrons. The van der Waals surface area contributed by atoms with Crippen molar-refractivity contribution in [1.29, 1.82) is 0 Å². The van der Waals surface area contributed by atoms with Crippen LogP contribution in [0.4, 0.5) is 0 Å². The van der Waals surface area contributed by atoms with Crippen LogP contribution in [-0.2, 0) is 4.79 Å². The van der Waals surface area contributed by atoms with Gasteiger partial charge in [0.05, 0.1) is 17.0 Å². The van der Waals surface area contributed by atoms with Gasteiger partial charge < -0.3 is 25.1 Å². The molecule has 0 fully saturated rings. The normalized spacial score (nSPS) is 14.9. The van der Waals surface area contributed by atoms with Crippen LogP contribution in [0.1, 0.15) is 11.9 Å². The van der Waals surface area contributed by atoms with E-state index in [-0.39, 0.29) is 5.82 Å². The van der Waals surface area contributed by atoms with E-state index in [4.69, 9.17) is 5.11 Å². The molecule has 0 bridgehead atoms. The molecule has 1 aromatic heterocycles. The maximum absolute atomic E-state index is 10.4. The molecule has 16 heavy (non-hydrogen) atoms. The van der Waals surface area contributed by atoms with E-state index in [2.05, 4.69) is 9.97 Å². The lowest BCUT2D eigenvalue weighted by molar-refractivity contribution is -0.318. The molecule has 2 aromatic rings. The number of hydrogen-bond acceptors (Lipinski definition) is 5. The van der Waals surface area contributed by atoms with E-state index in [1.165, 1.54) is 0 Å². The predicted molar refractivity (Wildman–Crippen MR) is 52.1 cm³/mol. The molecule has 0 aliphatic carbocycles. The molecule has 0 saturated heterocycles. The van der Waals surface area contributed by atoms with Crippen LogP contribution >= 0.6 is 0 Å². The van der Waals surface area contributed by atoms with E-state index in [1.807, 2.05) is 0 Å². The summed E-state index contributed by atoms with van der Waals surface area (Å²) in [5, 5.41) is 29.0. The number of carbonyl (C=O) groups is 1. The first kappa shape index (κ1) is 10.6. The Hall–Kier alpha value is -1.92. The number of H-pyrrole nitrogens is 1. The van der Waals surface area contributed by atoms with Crippen molar-refractivity contribution in [3.05, 3.63) is 30.1 Å². The second-order valence-corrected chi connectivity index (χ2v) is 3.35. The van der Waals surface area contributed by atoms with Crippen molar-refractivity contribution in [1.82, 2.24) is 9.97 Å². The summed E-state index contributed by atoms with van der Waals surface area (Å²) in [7, 11) is 0. The average molecular weight is 221 g/mol. The predicted octanol–water partition coefficient (Wildman–Crippen LogP) is -1.29. The van der Waals surface area contributed by atoms with E-state index in [9.17, 15) is 15.0 Å². The Labute approximate surface area is 90.2 Å². The number of nitrogens with one attached hydrogen (secondary N) is 1. The van der Waals surface area contributed by atoms with E-state index in [1.54, 1.807) is 24.3 Å². The van der Waals surface area contributed by atoms with Crippen LogP contribution in [0.15, 0.2) is 24.3 Å². The number of aliphatic hydroxyl groups excluding tert-OH is 2. The van der Waals surface area contributed by atoms with Gasteiger partial charge in [0.2, 0.25) is 0 Å². The van der Waals surface area contributed by atoms with Gasteiger partial charge in [-0.05, 0) is 12.1 Å². The molecule has 0 spiro atoms. The van der Waals surface area contributed by atoms with E-state index in [0.29, 0.717) is 11.0 Å². The summed E-state index contributed by atoms with van der Waals surface area (Å²) >= 11 is 0. The highest BCUT2D eigenvalue weighted by Gasteiger charge is 2.22. The van der Waals surface area contributed by atoms with Crippen LogP contribution < -0.4 is 5.11 Å². The minimum atomic E-state index is -2.00. The zero-order chi connectivity index (χ0) is 11.7. The molecule has 2 rings (SSSR count). The second kappa shape index (κ2) is 3.92. The van der Waals surface area contributed by atoms with Crippen molar-refractivity contribution in [3.63, 3.8) is 0 Å². The number of imidazole rings is 1. The van der Waals surface area contributed by atoms with E-state index >= 15 is 0 Å². The first-order valence-corrected chi connectivity index (χ1v) is 4.61. The molecule has 0 aliphatic heterocycles. The molecule has 2 atom stereocenters. The van der Waals surface area contributed by atoms with Crippen LogP contribution in [-0.4, -0.2) is 32.3 Å². The summed E-state index contributed by atoms with van der Waals surface area (Å²) in [6.45, 7) is 0. The van der Waals surface area contributed by atoms with Gasteiger partial charge in [-0.1, -0.05) is 12.1 Å². The Morgan fingerprint density at radius 3 is 2.69 bits per heavy atom. The quantitative estimate of drug-likeness (QED) is 0.597. The molecule has 3 N–H and O–H groups in total. The van der Waals surface area contributed by atoms with Crippen molar-refractivity contribution >= 4 is 17.0 Å². The lowest BCUT2D eigenvalue weighted by Crippen LogP contribution is -2.39. The number of benzene rings is 1. The Kier molecular flexibility index (Phi) is 2.59. The minimum absolute atomic E-state index is 0.00194. The molecule has 0 amide bonds. The summed E-state index contributed by atoms with van der Waals surface area (Å²) in [5.41, 5.74) is 1.24.